The van der Waals surface area contributed by atoms with E-state index in [1.807, 2.05) is 30.3 Å². The first-order valence-electron chi connectivity index (χ1n) is 8.35. The number of aromatic nitrogens is 1. The average molecular weight is 339 g/mol. The first kappa shape index (κ1) is 15.4. The number of halogens is 1. The average Bonchev–Trinajstić information content (AvgIpc) is 3.05. The predicted molar refractivity (Wildman–Crippen MR) is 98.0 cm³/mol. The van der Waals surface area contributed by atoms with Crippen molar-refractivity contribution in [2.24, 2.45) is 0 Å². The van der Waals surface area contributed by atoms with E-state index in [4.69, 9.17) is 11.6 Å². The third-order valence-corrected chi connectivity index (χ3v) is 5.20. The van der Waals surface area contributed by atoms with E-state index in [-0.39, 0.29) is 5.78 Å². The number of carbonyl (C=O) groups is 1. The Balaban J connectivity index is 1.75. The first-order chi connectivity index (χ1) is 11.7. The van der Waals surface area contributed by atoms with Gasteiger partial charge >= 0.3 is 0 Å². The zero-order valence-electron chi connectivity index (χ0n) is 13.3. The summed E-state index contributed by atoms with van der Waals surface area (Å²) in [5.74, 6) is 0.519. The van der Waals surface area contributed by atoms with Gasteiger partial charge in [-0.05, 0) is 67.7 Å². The molecule has 2 N–H and O–H groups in total. The number of H-pyrrole nitrogens is 1. The van der Waals surface area contributed by atoms with E-state index in [0.717, 1.165) is 36.8 Å². The van der Waals surface area contributed by atoms with Crippen LogP contribution in [0.2, 0.25) is 5.02 Å². The summed E-state index contributed by atoms with van der Waals surface area (Å²) >= 11 is 6.19. The maximum absolute atomic E-state index is 12.8. The van der Waals surface area contributed by atoms with Gasteiger partial charge in [-0.2, -0.15) is 0 Å². The number of hydrogen-bond donors (Lipinski definition) is 2. The van der Waals surface area contributed by atoms with Crippen molar-refractivity contribution in [1.29, 1.82) is 0 Å². The standard InChI is InChI=1S/C20H19ClN2O/c21-18-4-2-1-3-15(18)20(24)14-5-6-19-16(11-14)17(12-23-19)13-7-9-22-10-8-13/h1-6,11-13,22-23H,7-10H2. The smallest absolute Gasteiger partial charge is 0.194 e. The molecule has 1 saturated heterocycles. The number of benzene rings is 2. The number of hydrogen-bond acceptors (Lipinski definition) is 2. The number of carbonyl (C=O) groups excluding carboxylic acids is 1. The maximum atomic E-state index is 12.8. The van der Waals surface area contributed by atoms with Crippen LogP contribution in [0.25, 0.3) is 10.9 Å². The second kappa shape index (κ2) is 6.42. The summed E-state index contributed by atoms with van der Waals surface area (Å²) in [5.41, 5.74) is 3.64. The van der Waals surface area contributed by atoms with Crippen LogP contribution in [0.4, 0.5) is 0 Å². The summed E-state index contributed by atoms with van der Waals surface area (Å²) in [5, 5.41) is 5.05. The molecule has 4 rings (SSSR count). The van der Waals surface area contributed by atoms with Crippen molar-refractivity contribution in [3.8, 4) is 0 Å². The van der Waals surface area contributed by atoms with E-state index < -0.39 is 0 Å². The molecule has 3 aromatic rings. The summed E-state index contributed by atoms with van der Waals surface area (Å²) in [6.45, 7) is 2.10. The van der Waals surface area contributed by atoms with Gasteiger partial charge in [0.2, 0.25) is 0 Å². The van der Waals surface area contributed by atoms with Gasteiger partial charge in [0.15, 0.2) is 5.78 Å². The van der Waals surface area contributed by atoms with E-state index in [1.165, 1.54) is 5.56 Å². The predicted octanol–water partition coefficient (Wildman–Crippen LogP) is 4.52. The Morgan fingerprint density at radius 2 is 1.88 bits per heavy atom. The Morgan fingerprint density at radius 1 is 1.08 bits per heavy atom. The summed E-state index contributed by atoms with van der Waals surface area (Å²) in [4.78, 5) is 16.2. The first-order valence-corrected chi connectivity index (χ1v) is 8.73. The highest BCUT2D eigenvalue weighted by Crippen LogP contribution is 2.32. The molecule has 0 saturated carbocycles. The van der Waals surface area contributed by atoms with E-state index >= 15 is 0 Å². The Kier molecular flexibility index (Phi) is 4.13. The Hall–Kier alpha value is -2.10. The molecular formula is C20H19ClN2O. The molecule has 0 spiro atoms. The number of piperidine rings is 1. The van der Waals surface area contributed by atoms with Gasteiger partial charge in [-0.15, -0.1) is 0 Å². The molecule has 0 unspecified atom stereocenters. The van der Waals surface area contributed by atoms with Gasteiger partial charge in [-0.1, -0.05) is 23.7 Å². The number of nitrogens with one attached hydrogen (secondary N) is 2. The minimum Gasteiger partial charge on any atom is -0.361 e. The quantitative estimate of drug-likeness (QED) is 0.690. The van der Waals surface area contributed by atoms with Gasteiger partial charge in [0.05, 0.1) is 5.02 Å². The summed E-state index contributed by atoms with van der Waals surface area (Å²) in [7, 11) is 0. The van der Waals surface area contributed by atoms with Gasteiger partial charge < -0.3 is 10.3 Å². The summed E-state index contributed by atoms with van der Waals surface area (Å²) in [6, 6.07) is 13.1. The van der Waals surface area contributed by atoms with Gasteiger partial charge in [0.1, 0.15) is 0 Å². The van der Waals surface area contributed by atoms with Crippen molar-refractivity contribution in [3.63, 3.8) is 0 Å². The Bertz CT molecular complexity index is 894. The molecule has 2 aromatic carbocycles. The molecular weight excluding hydrogens is 320 g/mol. The lowest BCUT2D eigenvalue weighted by Gasteiger charge is -2.22. The van der Waals surface area contributed by atoms with Crippen LogP contribution in [-0.2, 0) is 0 Å². The van der Waals surface area contributed by atoms with Gasteiger partial charge in [0.25, 0.3) is 0 Å². The van der Waals surface area contributed by atoms with Gasteiger partial charge in [-0.3, -0.25) is 4.79 Å². The van der Waals surface area contributed by atoms with E-state index in [1.54, 1.807) is 12.1 Å². The van der Waals surface area contributed by atoms with Crippen molar-refractivity contribution in [1.82, 2.24) is 10.3 Å². The number of aromatic amines is 1. The number of rotatable bonds is 3. The fourth-order valence-electron chi connectivity index (χ4n) is 3.55. The zero-order valence-corrected chi connectivity index (χ0v) is 14.1. The molecule has 24 heavy (non-hydrogen) atoms. The normalized spacial score (nSPS) is 15.7. The third-order valence-electron chi connectivity index (χ3n) is 4.87. The number of fused-ring (bicyclic) bond motifs is 1. The number of ketones is 1. The molecule has 1 aromatic heterocycles. The molecule has 2 heterocycles. The van der Waals surface area contributed by atoms with Crippen molar-refractivity contribution >= 4 is 28.3 Å². The highest BCUT2D eigenvalue weighted by atomic mass is 35.5. The van der Waals surface area contributed by atoms with E-state index in [0.29, 0.717) is 22.1 Å². The maximum Gasteiger partial charge on any atom is 0.194 e. The lowest BCUT2D eigenvalue weighted by molar-refractivity contribution is 0.103. The van der Waals surface area contributed by atoms with Crippen LogP contribution in [0, 0.1) is 0 Å². The molecule has 1 aliphatic heterocycles. The van der Waals surface area contributed by atoms with Crippen molar-refractivity contribution < 1.29 is 4.79 Å². The molecule has 0 atom stereocenters. The monoisotopic (exact) mass is 338 g/mol. The van der Waals surface area contributed by atoms with Crippen molar-refractivity contribution in [2.45, 2.75) is 18.8 Å². The lowest BCUT2D eigenvalue weighted by Crippen LogP contribution is -2.26. The largest absolute Gasteiger partial charge is 0.361 e. The molecule has 0 radical (unpaired) electrons. The van der Waals surface area contributed by atoms with Crippen LogP contribution >= 0.6 is 11.6 Å². The summed E-state index contributed by atoms with van der Waals surface area (Å²) in [6.07, 6.45) is 4.37. The van der Waals surface area contributed by atoms with E-state index in [2.05, 4.69) is 16.5 Å². The van der Waals surface area contributed by atoms with Crippen molar-refractivity contribution in [3.05, 3.63) is 70.4 Å². The molecule has 3 nitrogen and oxygen atoms in total. The minimum absolute atomic E-state index is 0.0278. The van der Waals surface area contributed by atoms with Crippen LogP contribution < -0.4 is 5.32 Å². The second-order valence-electron chi connectivity index (χ2n) is 6.34. The highest BCUT2D eigenvalue weighted by molar-refractivity contribution is 6.35. The molecule has 1 fully saturated rings. The fourth-order valence-corrected chi connectivity index (χ4v) is 3.78. The zero-order chi connectivity index (χ0) is 16.5. The van der Waals surface area contributed by atoms with Crippen molar-refractivity contribution in [2.75, 3.05) is 13.1 Å². The van der Waals surface area contributed by atoms with Crippen LogP contribution in [0.5, 0.6) is 0 Å². The van der Waals surface area contributed by atoms with Crippen LogP contribution in [0.15, 0.2) is 48.7 Å². The second-order valence-corrected chi connectivity index (χ2v) is 6.74. The van der Waals surface area contributed by atoms with E-state index in [9.17, 15) is 4.79 Å². The Labute approximate surface area is 146 Å². The topological polar surface area (TPSA) is 44.9 Å². The highest BCUT2D eigenvalue weighted by Gasteiger charge is 2.20. The molecule has 122 valence electrons. The van der Waals surface area contributed by atoms with Crippen LogP contribution in [-0.4, -0.2) is 23.9 Å². The van der Waals surface area contributed by atoms with Crippen LogP contribution in [0.3, 0.4) is 0 Å². The third kappa shape index (κ3) is 2.74. The van der Waals surface area contributed by atoms with Gasteiger partial charge in [-0.25, -0.2) is 0 Å². The molecule has 4 heteroatoms. The van der Waals surface area contributed by atoms with Gasteiger partial charge in [0, 0.05) is 28.2 Å². The molecule has 1 aliphatic rings. The van der Waals surface area contributed by atoms with Crippen LogP contribution in [0.1, 0.15) is 40.2 Å². The molecule has 0 bridgehead atoms. The lowest BCUT2D eigenvalue weighted by atomic mass is 9.89. The molecule has 0 aliphatic carbocycles. The fraction of sp³-hybridized carbons (Fsp3) is 0.250. The SMILES string of the molecule is O=C(c1ccc2[nH]cc(C3CCNCC3)c2c1)c1ccccc1Cl. The molecule has 0 amide bonds. The summed E-state index contributed by atoms with van der Waals surface area (Å²) < 4.78 is 0. The Morgan fingerprint density at radius 3 is 2.67 bits per heavy atom. The minimum atomic E-state index is -0.0278.